The summed E-state index contributed by atoms with van der Waals surface area (Å²) in [5, 5.41) is 6.46. The normalized spacial score (nSPS) is 13.4. The second-order valence-electron chi connectivity index (χ2n) is 7.96. The van der Waals surface area contributed by atoms with Crippen LogP contribution in [0.5, 0.6) is 11.5 Å². The van der Waals surface area contributed by atoms with Crippen LogP contribution in [0.15, 0.2) is 42.2 Å². The van der Waals surface area contributed by atoms with Gasteiger partial charge in [0, 0.05) is 36.5 Å². The molecule has 13 heteroatoms. The smallest absolute Gasteiger partial charge is 0.229 e. The van der Waals surface area contributed by atoms with Gasteiger partial charge < -0.3 is 35.5 Å². The summed E-state index contributed by atoms with van der Waals surface area (Å²) in [7, 11) is 2.99. The molecule has 0 bridgehead atoms. The highest BCUT2D eigenvalue weighted by Gasteiger charge is 2.16. The number of aromatic nitrogens is 2. The Hall–Kier alpha value is -3.80. The van der Waals surface area contributed by atoms with E-state index in [9.17, 15) is 9.18 Å². The average molecular weight is 565 g/mol. The Bertz CT molecular complexity index is 1320. The zero-order valence-electron chi connectivity index (χ0n) is 20.7. The molecule has 38 heavy (non-hydrogen) atoms. The molecule has 1 saturated heterocycles. The number of benzene rings is 2. The number of hydrogen-bond acceptors (Lipinski definition) is 10. The van der Waals surface area contributed by atoms with Crippen LogP contribution in [-0.4, -0.2) is 56.8 Å². The van der Waals surface area contributed by atoms with Gasteiger partial charge in [-0.2, -0.15) is 4.98 Å². The Balaban J connectivity index is 0.00000400. The van der Waals surface area contributed by atoms with Crippen molar-refractivity contribution in [3.8, 4) is 11.5 Å². The molecule has 0 spiro atoms. The van der Waals surface area contributed by atoms with E-state index in [0.717, 1.165) is 18.8 Å². The molecule has 0 unspecified atom stereocenters. The van der Waals surface area contributed by atoms with Crippen LogP contribution in [0.1, 0.15) is 5.56 Å². The number of rotatable bonds is 9. The lowest BCUT2D eigenvalue weighted by Crippen LogP contribution is -2.36. The zero-order chi connectivity index (χ0) is 26.4. The molecule has 1 aromatic heterocycles. The van der Waals surface area contributed by atoms with Crippen LogP contribution in [0.2, 0.25) is 5.02 Å². The fraction of sp³-hybridized carbons (Fsp3) is 0.240. The highest BCUT2D eigenvalue weighted by Crippen LogP contribution is 2.35. The lowest BCUT2D eigenvalue weighted by Gasteiger charge is -2.29. The van der Waals surface area contributed by atoms with Gasteiger partial charge in [0.05, 0.1) is 50.7 Å². The van der Waals surface area contributed by atoms with Crippen molar-refractivity contribution in [1.82, 2.24) is 9.97 Å². The van der Waals surface area contributed by atoms with E-state index in [4.69, 9.17) is 31.5 Å². The molecule has 1 aliphatic rings. The maximum Gasteiger partial charge on any atom is 0.229 e. The number of anilines is 5. The van der Waals surface area contributed by atoms with E-state index in [1.54, 1.807) is 7.11 Å². The fourth-order valence-electron chi connectivity index (χ4n) is 3.73. The second kappa shape index (κ2) is 13.1. The first-order valence-electron chi connectivity index (χ1n) is 11.3. The molecule has 0 saturated carbocycles. The number of aldehydes is 1. The SMILES string of the molecule is COc1cc(F)c(C=C(N)C=O)cc1Nc1ncc(Cl)c(Nc2ccc(N3CCOCC3)cc2OC)n1.Cl. The summed E-state index contributed by atoms with van der Waals surface area (Å²) in [6.45, 7) is 2.95. The van der Waals surface area contributed by atoms with Crippen molar-refractivity contribution in [2.75, 3.05) is 56.1 Å². The first-order valence-corrected chi connectivity index (χ1v) is 11.7. The third kappa shape index (κ3) is 6.74. The Kier molecular flexibility index (Phi) is 9.94. The van der Waals surface area contributed by atoms with Crippen molar-refractivity contribution >= 4 is 65.2 Å². The standard InChI is InChI=1S/C25H26ClFN6O4.ClH/c1-35-22-11-17(33-5-7-37-8-6-33)3-4-20(22)30-24-18(26)13-29-25(32-24)31-21-10-15(9-16(28)14-34)19(27)12-23(21)36-2;/h3-4,9-14H,5-8,28H2,1-2H3,(H2,29,30,31,32);1H. The number of nitrogens with one attached hydrogen (secondary N) is 2. The number of carbonyl (C=O) groups excluding carboxylic acids is 1. The molecule has 0 atom stereocenters. The number of allylic oxidation sites excluding steroid dienone is 1. The Morgan fingerprint density at radius 1 is 1.13 bits per heavy atom. The molecule has 10 nitrogen and oxygen atoms in total. The number of halogens is 3. The molecule has 2 heterocycles. The van der Waals surface area contributed by atoms with Gasteiger partial charge in [0.15, 0.2) is 12.1 Å². The first kappa shape index (κ1) is 28.8. The molecule has 0 aliphatic carbocycles. The zero-order valence-corrected chi connectivity index (χ0v) is 22.2. The van der Waals surface area contributed by atoms with E-state index < -0.39 is 5.82 Å². The van der Waals surface area contributed by atoms with E-state index >= 15 is 0 Å². The minimum absolute atomic E-state index is 0. The number of nitrogens with zero attached hydrogens (tertiary/aromatic N) is 3. The molecule has 4 rings (SSSR count). The Morgan fingerprint density at radius 2 is 1.84 bits per heavy atom. The predicted molar refractivity (Wildman–Crippen MR) is 148 cm³/mol. The van der Waals surface area contributed by atoms with Crippen LogP contribution in [0.3, 0.4) is 0 Å². The Labute approximate surface area is 230 Å². The number of morpholine rings is 1. The van der Waals surface area contributed by atoms with E-state index in [1.165, 1.54) is 31.5 Å². The minimum Gasteiger partial charge on any atom is -0.494 e. The lowest BCUT2D eigenvalue weighted by molar-refractivity contribution is -0.104. The Morgan fingerprint density at radius 3 is 2.53 bits per heavy atom. The second-order valence-corrected chi connectivity index (χ2v) is 8.37. The van der Waals surface area contributed by atoms with Crippen LogP contribution in [0, 0.1) is 5.82 Å². The molecule has 0 amide bonds. The van der Waals surface area contributed by atoms with Gasteiger partial charge in [-0.15, -0.1) is 12.4 Å². The minimum atomic E-state index is -0.612. The van der Waals surface area contributed by atoms with Crippen molar-refractivity contribution in [2.45, 2.75) is 0 Å². The van der Waals surface area contributed by atoms with Crippen molar-refractivity contribution < 1.29 is 23.4 Å². The van der Waals surface area contributed by atoms with Crippen LogP contribution in [0.4, 0.5) is 33.2 Å². The predicted octanol–water partition coefficient (Wildman–Crippen LogP) is 4.53. The van der Waals surface area contributed by atoms with Gasteiger partial charge in [-0.25, -0.2) is 9.37 Å². The molecule has 2 aromatic carbocycles. The van der Waals surface area contributed by atoms with E-state index in [1.807, 2.05) is 18.2 Å². The van der Waals surface area contributed by atoms with Crippen LogP contribution < -0.4 is 30.7 Å². The van der Waals surface area contributed by atoms with Crippen molar-refractivity contribution in [1.29, 1.82) is 0 Å². The number of ether oxygens (including phenoxy) is 3. The van der Waals surface area contributed by atoms with Gasteiger partial charge in [-0.3, -0.25) is 4.79 Å². The van der Waals surface area contributed by atoms with Crippen LogP contribution in [0.25, 0.3) is 6.08 Å². The van der Waals surface area contributed by atoms with Gasteiger partial charge in [0.1, 0.15) is 22.3 Å². The molecule has 1 aliphatic heterocycles. The number of hydrogen-bond donors (Lipinski definition) is 3. The summed E-state index contributed by atoms with van der Waals surface area (Å²) in [5.74, 6) is 0.687. The molecular formula is C25H27Cl2FN6O4. The van der Waals surface area contributed by atoms with Crippen molar-refractivity contribution in [3.05, 3.63) is 58.6 Å². The van der Waals surface area contributed by atoms with Gasteiger partial charge in [-0.05, 0) is 24.3 Å². The highest BCUT2D eigenvalue weighted by molar-refractivity contribution is 6.33. The van der Waals surface area contributed by atoms with Gasteiger partial charge in [0.25, 0.3) is 0 Å². The largest absolute Gasteiger partial charge is 0.494 e. The van der Waals surface area contributed by atoms with Gasteiger partial charge in [-0.1, -0.05) is 11.6 Å². The molecule has 1 fully saturated rings. The van der Waals surface area contributed by atoms with Crippen LogP contribution >= 0.6 is 24.0 Å². The maximum absolute atomic E-state index is 14.4. The van der Waals surface area contributed by atoms with Crippen molar-refractivity contribution in [2.24, 2.45) is 5.73 Å². The molecule has 4 N–H and O–H groups in total. The molecule has 0 radical (unpaired) electrons. The van der Waals surface area contributed by atoms with Crippen molar-refractivity contribution in [3.63, 3.8) is 0 Å². The molecular weight excluding hydrogens is 538 g/mol. The third-order valence-electron chi connectivity index (χ3n) is 5.58. The van der Waals surface area contributed by atoms with E-state index in [2.05, 4.69) is 25.5 Å². The summed E-state index contributed by atoms with van der Waals surface area (Å²) in [4.78, 5) is 21.8. The summed E-state index contributed by atoms with van der Waals surface area (Å²) in [6, 6.07) is 8.40. The van der Waals surface area contributed by atoms with E-state index in [-0.39, 0.29) is 40.4 Å². The number of methoxy groups -OCH3 is 2. The van der Waals surface area contributed by atoms with Crippen LogP contribution in [-0.2, 0) is 9.53 Å². The van der Waals surface area contributed by atoms with Gasteiger partial charge in [0.2, 0.25) is 5.95 Å². The third-order valence-corrected chi connectivity index (χ3v) is 5.86. The topological polar surface area (TPSA) is 124 Å². The average Bonchev–Trinajstić information content (AvgIpc) is 2.92. The summed E-state index contributed by atoms with van der Waals surface area (Å²) >= 11 is 6.37. The first-order chi connectivity index (χ1) is 17.9. The number of nitrogens with two attached hydrogens (primary N) is 1. The number of carbonyl (C=O) groups is 1. The molecule has 202 valence electrons. The highest BCUT2D eigenvalue weighted by atomic mass is 35.5. The quantitative estimate of drug-likeness (QED) is 0.252. The summed E-state index contributed by atoms with van der Waals surface area (Å²) in [5.41, 5.74) is 7.53. The lowest BCUT2D eigenvalue weighted by atomic mass is 10.1. The van der Waals surface area contributed by atoms with E-state index in [0.29, 0.717) is 42.4 Å². The molecule has 3 aromatic rings. The monoisotopic (exact) mass is 564 g/mol. The summed E-state index contributed by atoms with van der Waals surface area (Å²) < 4.78 is 30.7. The summed E-state index contributed by atoms with van der Waals surface area (Å²) in [6.07, 6.45) is 3.07. The maximum atomic E-state index is 14.4. The van der Waals surface area contributed by atoms with Gasteiger partial charge >= 0.3 is 0 Å². The fourth-order valence-corrected chi connectivity index (χ4v) is 3.87.